The molecule has 0 aliphatic heterocycles. The fourth-order valence-electron chi connectivity index (χ4n) is 1.80. The molecular formula is C13H19ClN2O. The molecule has 17 heavy (non-hydrogen) atoms. The van der Waals surface area contributed by atoms with Crippen LogP contribution in [-0.2, 0) is 0 Å². The van der Waals surface area contributed by atoms with Gasteiger partial charge in [0.15, 0.2) is 0 Å². The maximum Gasteiger partial charge on any atom is 0.253 e. The van der Waals surface area contributed by atoms with Crippen molar-refractivity contribution >= 4 is 23.2 Å². The lowest BCUT2D eigenvalue weighted by Gasteiger charge is -2.26. The molecule has 1 aromatic rings. The normalized spacial score (nSPS) is 11.3. The zero-order valence-electron chi connectivity index (χ0n) is 10.5. The number of amides is 1. The lowest BCUT2D eigenvalue weighted by atomic mass is 9.98. The van der Waals surface area contributed by atoms with Crippen LogP contribution in [0.25, 0.3) is 0 Å². The molecule has 0 saturated heterocycles. The summed E-state index contributed by atoms with van der Waals surface area (Å²) in [6.07, 6.45) is 1.94. The van der Waals surface area contributed by atoms with E-state index in [2.05, 4.69) is 12.2 Å². The summed E-state index contributed by atoms with van der Waals surface area (Å²) >= 11 is 5.79. The molecule has 0 bridgehead atoms. The Balaban J connectivity index is 2.83. The maximum atomic E-state index is 12.0. The lowest BCUT2D eigenvalue weighted by molar-refractivity contribution is 0.0910. The lowest BCUT2D eigenvalue weighted by Crippen LogP contribution is -2.43. The van der Waals surface area contributed by atoms with E-state index in [-0.39, 0.29) is 11.4 Å². The number of nitrogens with one attached hydrogen (secondary N) is 1. The first-order valence-electron chi connectivity index (χ1n) is 5.73. The molecule has 0 aliphatic rings. The molecule has 4 heteroatoms. The van der Waals surface area contributed by atoms with Crippen LogP contribution >= 0.6 is 11.6 Å². The summed E-state index contributed by atoms with van der Waals surface area (Å²) in [6, 6.07) is 4.90. The van der Waals surface area contributed by atoms with Gasteiger partial charge >= 0.3 is 0 Å². The second-order valence-electron chi connectivity index (χ2n) is 4.82. The molecule has 1 aromatic carbocycles. The smallest absolute Gasteiger partial charge is 0.253 e. The van der Waals surface area contributed by atoms with Crippen molar-refractivity contribution in [3.8, 4) is 0 Å². The van der Waals surface area contributed by atoms with Gasteiger partial charge in [-0.1, -0.05) is 24.9 Å². The molecule has 0 atom stereocenters. The van der Waals surface area contributed by atoms with Gasteiger partial charge in [0.1, 0.15) is 0 Å². The number of rotatable bonds is 4. The van der Waals surface area contributed by atoms with Crippen LogP contribution in [0.5, 0.6) is 0 Å². The van der Waals surface area contributed by atoms with Crippen LogP contribution in [0.15, 0.2) is 18.2 Å². The van der Waals surface area contributed by atoms with Gasteiger partial charge in [0.2, 0.25) is 0 Å². The second-order valence-corrected chi connectivity index (χ2v) is 5.26. The molecular weight excluding hydrogens is 236 g/mol. The summed E-state index contributed by atoms with van der Waals surface area (Å²) < 4.78 is 0. The number of carbonyl (C=O) groups excluding carboxylic acids is 1. The molecule has 0 saturated carbocycles. The first-order valence-corrected chi connectivity index (χ1v) is 6.11. The highest BCUT2D eigenvalue weighted by Gasteiger charge is 2.21. The number of carbonyl (C=O) groups is 1. The van der Waals surface area contributed by atoms with E-state index >= 15 is 0 Å². The van der Waals surface area contributed by atoms with E-state index in [1.54, 1.807) is 18.2 Å². The first kappa shape index (κ1) is 13.8. The third kappa shape index (κ3) is 3.93. The van der Waals surface area contributed by atoms with Crippen LogP contribution in [0, 0.1) is 0 Å². The van der Waals surface area contributed by atoms with E-state index in [1.165, 1.54) is 0 Å². The summed E-state index contributed by atoms with van der Waals surface area (Å²) in [6.45, 7) is 6.09. The van der Waals surface area contributed by atoms with Gasteiger partial charge in [-0.15, -0.1) is 0 Å². The van der Waals surface area contributed by atoms with Crippen molar-refractivity contribution in [3.63, 3.8) is 0 Å². The summed E-state index contributed by atoms with van der Waals surface area (Å²) in [7, 11) is 0. The van der Waals surface area contributed by atoms with Crippen molar-refractivity contribution in [1.82, 2.24) is 5.32 Å². The van der Waals surface area contributed by atoms with Gasteiger partial charge in [0, 0.05) is 16.2 Å². The van der Waals surface area contributed by atoms with Crippen LogP contribution in [-0.4, -0.2) is 11.4 Å². The molecule has 1 rings (SSSR count). The first-order chi connectivity index (χ1) is 7.85. The largest absolute Gasteiger partial charge is 0.398 e. The van der Waals surface area contributed by atoms with Crippen LogP contribution in [0.1, 0.15) is 44.0 Å². The molecule has 94 valence electrons. The molecule has 0 unspecified atom stereocenters. The van der Waals surface area contributed by atoms with Crippen LogP contribution < -0.4 is 11.1 Å². The number of anilines is 1. The Morgan fingerprint density at radius 1 is 1.47 bits per heavy atom. The molecule has 0 fully saturated rings. The predicted octanol–water partition coefficient (Wildman–Crippen LogP) is 3.23. The van der Waals surface area contributed by atoms with Gasteiger partial charge in [-0.25, -0.2) is 0 Å². The van der Waals surface area contributed by atoms with Crippen LogP contribution in [0.2, 0.25) is 5.02 Å². The van der Waals surface area contributed by atoms with Crippen molar-refractivity contribution in [2.75, 3.05) is 5.73 Å². The number of hydrogen-bond acceptors (Lipinski definition) is 2. The summed E-state index contributed by atoms with van der Waals surface area (Å²) in [5.74, 6) is -0.155. The zero-order chi connectivity index (χ0) is 13.1. The Bertz CT molecular complexity index is 416. The average Bonchev–Trinajstić information content (AvgIpc) is 2.15. The molecule has 0 heterocycles. The van der Waals surface area contributed by atoms with Gasteiger partial charge in [-0.3, -0.25) is 4.79 Å². The molecule has 0 aliphatic carbocycles. The average molecular weight is 255 g/mol. The minimum Gasteiger partial charge on any atom is -0.398 e. The van der Waals surface area contributed by atoms with Gasteiger partial charge in [0.05, 0.1) is 5.56 Å². The number of hydrogen-bond donors (Lipinski definition) is 2. The van der Waals surface area contributed by atoms with E-state index in [9.17, 15) is 4.79 Å². The van der Waals surface area contributed by atoms with Crippen molar-refractivity contribution in [1.29, 1.82) is 0 Å². The summed E-state index contributed by atoms with van der Waals surface area (Å²) in [4.78, 5) is 12.0. The Morgan fingerprint density at radius 2 is 2.12 bits per heavy atom. The third-order valence-corrected chi connectivity index (χ3v) is 2.82. The highest BCUT2D eigenvalue weighted by Crippen LogP contribution is 2.19. The number of nitrogen functional groups attached to an aromatic ring is 1. The van der Waals surface area contributed by atoms with E-state index in [4.69, 9.17) is 17.3 Å². The van der Waals surface area contributed by atoms with E-state index < -0.39 is 0 Å². The SMILES string of the molecule is CCCC(C)(C)NC(=O)c1ccc(Cl)cc1N. The Morgan fingerprint density at radius 3 is 2.65 bits per heavy atom. The number of nitrogens with two attached hydrogens (primary N) is 1. The van der Waals surface area contributed by atoms with E-state index in [1.807, 2.05) is 13.8 Å². The number of benzene rings is 1. The zero-order valence-corrected chi connectivity index (χ0v) is 11.3. The fraction of sp³-hybridized carbons (Fsp3) is 0.462. The van der Waals surface area contributed by atoms with Gasteiger partial charge in [-0.05, 0) is 38.5 Å². The van der Waals surface area contributed by atoms with Crippen molar-refractivity contribution in [3.05, 3.63) is 28.8 Å². The van der Waals surface area contributed by atoms with Gasteiger partial charge in [-0.2, -0.15) is 0 Å². The molecule has 0 aromatic heterocycles. The molecule has 1 amide bonds. The second kappa shape index (κ2) is 5.41. The molecule has 3 nitrogen and oxygen atoms in total. The molecule has 0 radical (unpaired) electrons. The highest BCUT2D eigenvalue weighted by atomic mass is 35.5. The Hall–Kier alpha value is -1.22. The molecule has 3 N–H and O–H groups in total. The van der Waals surface area contributed by atoms with Gasteiger partial charge in [0.25, 0.3) is 5.91 Å². The number of halogens is 1. The monoisotopic (exact) mass is 254 g/mol. The molecule has 0 spiro atoms. The maximum absolute atomic E-state index is 12.0. The standard InChI is InChI=1S/C13H19ClN2O/c1-4-7-13(2,3)16-12(17)10-6-5-9(14)8-11(10)15/h5-6,8H,4,7,15H2,1-3H3,(H,16,17). The van der Waals surface area contributed by atoms with Crippen molar-refractivity contribution in [2.45, 2.75) is 39.2 Å². The summed E-state index contributed by atoms with van der Waals surface area (Å²) in [5, 5.41) is 3.51. The van der Waals surface area contributed by atoms with Crippen LogP contribution in [0.3, 0.4) is 0 Å². The van der Waals surface area contributed by atoms with Crippen molar-refractivity contribution in [2.24, 2.45) is 0 Å². The Labute approximate surface area is 107 Å². The van der Waals surface area contributed by atoms with E-state index in [0.717, 1.165) is 12.8 Å². The topological polar surface area (TPSA) is 55.1 Å². The van der Waals surface area contributed by atoms with Gasteiger partial charge < -0.3 is 11.1 Å². The highest BCUT2D eigenvalue weighted by molar-refractivity contribution is 6.31. The minimum atomic E-state index is -0.224. The quantitative estimate of drug-likeness (QED) is 0.811. The van der Waals surface area contributed by atoms with Crippen LogP contribution in [0.4, 0.5) is 5.69 Å². The Kier molecular flexibility index (Phi) is 4.40. The predicted molar refractivity (Wildman–Crippen MR) is 72.3 cm³/mol. The van der Waals surface area contributed by atoms with Crippen molar-refractivity contribution < 1.29 is 4.79 Å². The van der Waals surface area contributed by atoms with E-state index in [0.29, 0.717) is 16.3 Å². The fourth-order valence-corrected chi connectivity index (χ4v) is 1.98. The summed E-state index contributed by atoms with van der Waals surface area (Å²) in [5.41, 5.74) is 6.42. The minimum absolute atomic E-state index is 0.155. The third-order valence-electron chi connectivity index (χ3n) is 2.59.